The predicted molar refractivity (Wildman–Crippen MR) is 97.9 cm³/mol. The van der Waals surface area contributed by atoms with Crippen LogP contribution < -0.4 is 14.8 Å². The molecule has 0 saturated heterocycles. The van der Waals surface area contributed by atoms with Crippen LogP contribution >= 0.6 is 0 Å². The van der Waals surface area contributed by atoms with E-state index in [4.69, 9.17) is 9.47 Å². The Morgan fingerprint density at radius 1 is 1.28 bits per heavy atom. The van der Waals surface area contributed by atoms with Gasteiger partial charge in [0.1, 0.15) is 0 Å². The van der Waals surface area contributed by atoms with Gasteiger partial charge in [0.05, 0.1) is 26.9 Å². The highest BCUT2D eigenvalue weighted by molar-refractivity contribution is 5.57. The average molecular weight is 340 g/mol. The summed E-state index contributed by atoms with van der Waals surface area (Å²) in [7, 11) is 3.18. The molecule has 2 N–H and O–H groups in total. The van der Waals surface area contributed by atoms with Crippen LogP contribution in [-0.4, -0.2) is 30.9 Å². The number of hydrogen-bond acceptors (Lipinski definition) is 5. The summed E-state index contributed by atoms with van der Waals surface area (Å²) in [5, 5.41) is 13.1. The number of methoxy groups -OCH3 is 2. The number of fused-ring (bicyclic) bond motifs is 1. The quantitative estimate of drug-likeness (QED) is 0.876. The molecular weight excluding hydrogens is 316 g/mol. The molecule has 1 unspecified atom stereocenters. The van der Waals surface area contributed by atoms with Gasteiger partial charge in [0.2, 0.25) is 11.8 Å². The summed E-state index contributed by atoms with van der Waals surface area (Å²) in [5.41, 5.74) is 5.57. The second kappa shape index (κ2) is 7.68. The smallest absolute Gasteiger partial charge is 0.223 e. The van der Waals surface area contributed by atoms with E-state index in [0.717, 1.165) is 29.7 Å². The third-order valence-electron chi connectivity index (χ3n) is 4.60. The normalized spacial score (nSPS) is 16.7. The first kappa shape index (κ1) is 17.5. The van der Waals surface area contributed by atoms with E-state index in [2.05, 4.69) is 28.5 Å². The fourth-order valence-electron chi connectivity index (χ4n) is 3.19. The maximum Gasteiger partial charge on any atom is 0.223 e. The minimum atomic E-state index is 0.0613. The molecule has 1 aromatic heterocycles. The Hall–Kier alpha value is -2.37. The molecule has 1 atom stereocenters. The molecule has 0 spiro atoms. The molecule has 1 aliphatic rings. The summed E-state index contributed by atoms with van der Waals surface area (Å²) in [6.45, 7) is 3.04. The van der Waals surface area contributed by atoms with Crippen molar-refractivity contribution in [2.45, 2.75) is 26.0 Å². The molecule has 5 heteroatoms. The molecule has 0 fully saturated rings. The number of aryl methyl sites for hydroxylation is 1. The van der Waals surface area contributed by atoms with Gasteiger partial charge in [-0.2, -0.15) is 4.98 Å². The van der Waals surface area contributed by atoms with Crippen LogP contribution in [0, 0.1) is 6.92 Å². The van der Waals surface area contributed by atoms with E-state index in [1.54, 1.807) is 14.2 Å². The van der Waals surface area contributed by atoms with Gasteiger partial charge in [-0.1, -0.05) is 24.3 Å². The number of ether oxygens (including phenoxy) is 2. The van der Waals surface area contributed by atoms with Crippen LogP contribution in [0.3, 0.4) is 0 Å². The van der Waals surface area contributed by atoms with Crippen molar-refractivity contribution < 1.29 is 14.6 Å². The maximum atomic E-state index is 9.56. The second-order valence-electron chi connectivity index (χ2n) is 6.13. The van der Waals surface area contributed by atoms with E-state index in [1.165, 1.54) is 11.1 Å². The average Bonchev–Trinajstić information content (AvgIpc) is 2.65. The van der Waals surface area contributed by atoms with Gasteiger partial charge in [-0.05, 0) is 41.7 Å². The van der Waals surface area contributed by atoms with E-state index in [0.29, 0.717) is 11.8 Å². The van der Waals surface area contributed by atoms with Crippen LogP contribution in [-0.2, 0) is 13.0 Å². The van der Waals surface area contributed by atoms with Gasteiger partial charge in [-0.15, -0.1) is 0 Å². The van der Waals surface area contributed by atoms with Crippen LogP contribution in [0.25, 0.3) is 6.08 Å². The molecule has 0 radical (unpaired) electrons. The van der Waals surface area contributed by atoms with E-state index < -0.39 is 0 Å². The summed E-state index contributed by atoms with van der Waals surface area (Å²) < 4.78 is 10.5. The van der Waals surface area contributed by atoms with Crippen molar-refractivity contribution in [2.24, 2.45) is 0 Å². The number of aliphatic hydroxyl groups excluding tert-OH is 1. The van der Waals surface area contributed by atoms with Crippen LogP contribution in [0.15, 0.2) is 30.3 Å². The zero-order chi connectivity index (χ0) is 17.8. The molecule has 0 aliphatic carbocycles. The molecule has 2 aromatic rings. The van der Waals surface area contributed by atoms with E-state index in [-0.39, 0.29) is 12.6 Å². The van der Waals surface area contributed by atoms with Gasteiger partial charge in [0.25, 0.3) is 0 Å². The van der Waals surface area contributed by atoms with Crippen molar-refractivity contribution in [3.63, 3.8) is 0 Å². The zero-order valence-corrected chi connectivity index (χ0v) is 14.9. The van der Waals surface area contributed by atoms with Gasteiger partial charge in [-0.25, -0.2) is 0 Å². The van der Waals surface area contributed by atoms with E-state index >= 15 is 0 Å². The first-order chi connectivity index (χ1) is 12.2. The third-order valence-corrected chi connectivity index (χ3v) is 4.60. The molecular formula is C20H24N2O3. The van der Waals surface area contributed by atoms with Crippen molar-refractivity contribution >= 4 is 6.08 Å². The van der Waals surface area contributed by atoms with Gasteiger partial charge < -0.3 is 19.9 Å². The largest absolute Gasteiger partial charge is 0.481 e. The van der Waals surface area contributed by atoms with Crippen LogP contribution in [0.5, 0.6) is 11.8 Å². The highest BCUT2D eigenvalue weighted by Crippen LogP contribution is 2.29. The Labute approximate surface area is 148 Å². The number of aliphatic hydroxyl groups is 1. The number of nitrogens with one attached hydrogen (secondary N) is 1. The number of rotatable bonds is 5. The van der Waals surface area contributed by atoms with Crippen molar-refractivity contribution in [3.05, 3.63) is 58.2 Å². The molecule has 2 heterocycles. The number of hydrogen-bond donors (Lipinski definition) is 2. The van der Waals surface area contributed by atoms with Gasteiger partial charge in [0, 0.05) is 18.2 Å². The fraction of sp³-hybridized carbons (Fsp3) is 0.350. The molecule has 3 rings (SSSR count). The number of nitrogens with zero attached hydrogens (tertiary/aromatic N) is 1. The number of aromatic nitrogens is 1. The van der Waals surface area contributed by atoms with Crippen LogP contribution in [0.2, 0.25) is 0 Å². The number of benzene rings is 1. The molecule has 0 saturated carbocycles. The molecule has 25 heavy (non-hydrogen) atoms. The molecule has 0 bridgehead atoms. The predicted octanol–water partition coefficient (Wildman–Crippen LogP) is 2.80. The third kappa shape index (κ3) is 3.67. The fourth-order valence-corrected chi connectivity index (χ4v) is 3.19. The lowest BCUT2D eigenvalue weighted by atomic mass is 9.90. The number of pyridine rings is 1. The highest BCUT2D eigenvalue weighted by atomic mass is 16.5. The molecule has 1 aromatic carbocycles. The van der Waals surface area contributed by atoms with E-state index in [9.17, 15) is 5.11 Å². The minimum Gasteiger partial charge on any atom is -0.481 e. The first-order valence-electron chi connectivity index (χ1n) is 8.40. The van der Waals surface area contributed by atoms with Crippen molar-refractivity contribution in [3.8, 4) is 11.8 Å². The van der Waals surface area contributed by atoms with Crippen LogP contribution in [0.1, 0.15) is 33.9 Å². The van der Waals surface area contributed by atoms with Crippen molar-refractivity contribution in [1.29, 1.82) is 0 Å². The lowest BCUT2D eigenvalue weighted by Crippen LogP contribution is -2.28. The summed E-state index contributed by atoms with van der Waals surface area (Å²) >= 11 is 0. The van der Waals surface area contributed by atoms with Gasteiger partial charge in [0.15, 0.2) is 0 Å². The Balaban J connectivity index is 1.91. The zero-order valence-electron chi connectivity index (χ0n) is 14.9. The molecule has 1 aliphatic heterocycles. The maximum absolute atomic E-state index is 9.56. The Kier molecular flexibility index (Phi) is 5.36. The van der Waals surface area contributed by atoms with Gasteiger partial charge in [-0.3, -0.25) is 0 Å². The summed E-state index contributed by atoms with van der Waals surface area (Å²) in [4.78, 5) is 4.31. The lowest BCUT2D eigenvalue weighted by Gasteiger charge is -2.26. The Morgan fingerprint density at radius 2 is 2.12 bits per heavy atom. The highest BCUT2D eigenvalue weighted by Gasteiger charge is 2.19. The topological polar surface area (TPSA) is 63.6 Å². The van der Waals surface area contributed by atoms with Crippen molar-refractivity contribution in [2.75, 3.05) is 20.8 Å². The second-order valence-corrected chi connectivity index (χ2v) is 6.13. The standard InChI is InChI=1S/C20H24N2O3/c1-13-10-15-8-9-21-18(17(15)11-16(13)12-23)6-4-14-5-7-19(24-2)22-20(14)25-3/h4-7,10-11,18,21,23H,8-9,12H2,1-3H3/b6-4+. The monoisotopic (exact) mass is 340 g/mol. The summed E-state index contributed by atoms with van der Waals surface area (Å²) in [6.07, 6.45) is 5.12. The first-order valence-corrected chi connectivity index (χ1v) is 8.40. The SMILES string of the molecule is COc1ccc(/C=C/C2NCCc3cc(C)c(CO)cc32)c(OC)n1. The van der Waals surface area contributed by atoms with Gasteiger partial charge >= 0.3 is 0 Å². The summed E-state index contributed by atoms with van der Waals surface area (Å²) in [6, 6.07) is 8.14. The Morgan fingerprint density at radius 3 is 2.84 bits per heavy atom. The summed E-state index contributed by atoms with van der Waals surface area (Å²) in [5.74, 6) is 1.06. The van der Waals surface area contributed by atoms with Crippen molar-refractivity contribution in [1.82, 2.24) is 10.3 Å². The minimum absolute atomic E-state index is 0.0613. The molecule has 0 amide bonds. The Bertz CT molecular complexity index is 787. The lowest BCUT2D eigenvalue weighted by molar-refractivity contribution is 0.280. The van der Waals surface area contributed by atoms with Crippen LogP contribution in [0.4, 0.5) is 0 Å². The molecule has 132 valence electrons. The molecule has 5 nitrogen and oxygen atoms in total. The van der Waals surface area contributed by atoms with E-state index in [1.807, 2.05) is 25.1 Å².